The third-order valence-corrected chi connectivity index (χ3v) is 8.14. The van der Waals surface area contributed by atoms with Gasteiger partial charge >= 0.3 is 0 Å². The van der Waals surface area contributed by atoms with Crippen LogP contribution in [0.1, 0.15) is 50.0 Å². The molecule has 2 bridgehead atoms. The first-order valence-corrected chi connectivity index (χ1v) is 11.3. The van der Waals surface area contributed by atoms with E-state index in [1.54, 1.807) is 5.56 Å². The normalized spacial score (nSPS) is 42.2. The SMILES string of the molecule is C1=C[C@H]2C[C@@H]1C[C@H]2C[NH+]1CC[NH+](C2CCC(c3ccccc3)CC2)CC1. The Hall–Kier alpha value is -1.12. The van der Waals surface area contributed by atoms with E-state index in [-0.39, 0.29) is 0 Å². The summed E-state index contributed by atoms with van der Waals surface area (Å²) in [5.74, 6) is 3.70. The third kappa shape index (κ3) is 3.51. The first-order valence-electron chi connectivity index (χ1n) is 11.3. The van der Waals surface area contributed by atoms with Gasteiger partial charge in [-0.05, 0) is 61.8 Å². The zero-order valence-electron chi connectivity index (χ0n) is 16.2. The van der Waals surface area contributed by atoms with Crippen molar-refractivity contribution in [3.63, 3.8) is 0 Å². The van der Waals surface area contributed by atoms with Crippen LogP contribution in [0.25, 0.3) is 0 Å². The summed E-state index contributed by atoms with van der Waals surface area (Å²) < 4.78 is 0. The standard InChI is InChI=1S/C24H34N2/c1-2-4-20(5-3-1)21-8-10-24(11-9-21)26-14-12-25(13-15-26)18-23-17-19-6-7-22(23)16-19/h1-7,19,21-24H,8-18H2/p+2/t19-,21?,22+,23+,24?/m1/s1. The van der Waals surface area contributed by atoms with Crippen LogP contribution in [0.4, 0.5) is 0 Å². The average molecular weight is 353 g/mol. The summed E-state index contributed by atoms with van der Waals surface area (Å²) in [6, 6.07) is 12.2. The lowest BCUT2D eigenvalue weighted by Crippen LogP contribution is -3.29. The highest BCUT2D eigenvalue weighted by Gasteiger charge is 2.39. The molecule has 26 heavy (non-hydrogen) atoms. The quantitative estimate of drug-likeness (QED) is 0.764. The maximum Gasteiger partial charge on any atom is 0.127 e. The van der Waals surface area contributed by atoms with Crippen LogP contribution in [0.5, 0.6) is 0 Å². The molecular weight excluding hydrogens is 316 g/mol. The molecule has 1 aromatic carbocycles. The molecule has 0 radical (unpaired) electrons. The van der Waals surface area contributed by atoms with Crippen LogP contribution in [0.3, 0.4) is 0 Å². The number of quaternary nitrogens is 2. The Kier molecular flexibility index (Phi) is 4.89. The molecule has 5 rings (SSSR count). The van der Waals surface area contributed by atoms with Crippen LogP contribution >= 0.6 is 0 Å². The second-order valence-electron chi connectivity index (χ2n) is 9.61. The van der Waals surface area contributed by atoms with Crippen molar-refractivity contribution in [1.29, 1.82) is 0 Å². The van der Waals surface area contributed by atoms with Gasteiger partial charge in [-0.1, -0.05) is 42.5 Å². The predicted molar refractivity (Wildman–Crippen MR) is 107 cm³/mol. The van der Waals surface area contributed by atoms with Crippen molar-refractivity contribution < 1.29 is 9.80 Å². The summed E-state index contributed by atoms with van der Waals surface area (Å²) in [5.41, 5.74) is 1.58. The van der Waals surface area contributed by atoms with Crippen molar-refractivity contribution in [3.05, 3.63) is 48.0 Å². The maximum absolute atomic E-state index is 2.53. The average Bonchev–Trinajstić information content (AvgIpc) is 3.33. The van der Waals surface area contributed by atoms with Crippen molar-refractivity contribution in [2.45, 2.75) is 50.5 Å². The number of hydrogen-bond acceptors (Lipinski definition) is 0. The number of piperazine rings is 1. The summed E-state index contributed by atoms with van der Waals surface area (Å²) in [7, 11) is 0. The number of allylic oxidation sites excluding steroid dienone is 2. The third-order valence-electron chi connectivity index (χ3n) is 8.14. The molecular formula is C24H36N2+2. The van der Waals surface area contributed by atoms with Gasteiger partial charge in [-0.3, -0.25) is 0 Å². The Morgan fingerprint density at radius 3 is 2.23 bits per heavy atom. The number of benzene rings is 1. The number of fused-ring (bicyclic) bond motifs is 2. The molecule has 3 aliphatic carbocycles. The van der Waals surface area contributed by atoms with Gasteiger partial charge in [0.05, 0.1) is 12.6 Å². The van der Waals surface area contributed by atoms with Crippen LogP contribution in [-0.4, -0.2) is 38.8 Å². The van der Waals surface area contributed by atoms with E-state index in [0.717, 1.165) is 29.7 Å². The molecule has 1 aromatic rings. The van der Waals surface area contributed by atoms with Gasteiger partial charge in [0.15, 0.2) is 0 Å². The molecule has 0 spiro atoms. The molecule has 2 heteroatoms. The van der Waals surface area contributed by atoms with Crippen molar-refractivity contribution >= 4 is 0 Å². The zero-order chi connectivity index (χ0) is 17.3. The summed E-state index contributed by atoms with van der Waals surface area (Å²) >= 11 is 0. The lowest BCUT2D eigenvalue weighted by Gasteiger charge is -2.38. The number of rotatable bonds is 4. The lowest BCUT2D eigenvalue weighted by molar-refractivity contribution is -1.03. The number of nitrogens with one attached hydrogen (secondary N) is 2. The van der Waals surface area contributed by atoms with E-state index in [2.05, 4.69) is 42.5 Å². The summed E-state index contributed by atoms with van der Waals surface area (Å²) in [4.78, 5) is 3.85. The maximum atomic E-state index is 2.53. The highest BCUT2D eigenvalue weighted by Crippen LogP contribution is 2.42. The summed E-state index contributed by atoms with van der Waals surface area (Å²) in [6.07, 6.45) is 13.7. The Balaban J connectivity index is 1.07. The minimum atomic E-state index is 0.824. The van der Waals surface area contributed by atoms with Gasteiger partial charge in [0.25, 0.3) is 0 Å². The van der Waals surface area contributed by atoms with Gasteiger partial charge in [-0.25, -0.2) is 0 Å². The zero-order valence-corrected chi connectivity index (χ0v) is 16.2. The minimum absolute atomic E-state index is 0.824. The van der Waals surface area contributed by atoms with Gasteiger partial charge < -0.3 is 9.80 Å². The lowest BCUT2D eigenvalue weighted by atomic mass is 9.81. The first-order chi connectivity index (χ1) is 12.8. The van der Waals surface area contributed by atoms with E-state index in [9.17, 15) is 0 Å². The molecule has 1 heterocycles. The highest BCUT2D eigenvalue weighted by molar-refractivity contribution is 5.19. The van der Waals surface area contributed by atoms with E-state index < -0.39 is 0 Å². The van der Waals surface area contributed by atoms with Crippen molar-refractivity contribution in [3.8, 4) is 0 Å². The Morgan fingerprint density at radius 1 is 0.808 bits per heavy atom. The van der Waals surface area contributed by atoms with Crippen LogP contribution in [0, 0.1) is 17.8 Å². The topological polar surface area (TPSA) is 8.88 Å². The molecule has 2 saturated carbocycles. The van der Waals surface area contributed by atoms with Crippen molar-refractivity contribution in [2.24, 2.45) is 17.8 Å². The Morgan fingerprint density at radius 2 is 1.58 bits per heavy atom. The fourth-order valence-electron chi connectivity index (χ4n) is 6.60. The fraction of sp³-hybridized carbons (Fsp3) is 0.667. The van der Waals surface area contributed by atoms with Crippen LogP contribution in [0.2, 0.25) is 0 Å². The second-order valence-corrected chi connectivity index (χ2v) is 9.61. The van der Waals surface area contributed by atoms with Crippen LogP contribution < -0.4 is 9.80 Å². The molecule has 4 aliphatic rings. The van der Waals surface area contributed by atoms with Gasteiger partial charge in [0.1, 0.15) is 26.2 Å². The van der Waals surface area contributed by atoms with Gasteiger partial charge in [-0.15, -0.1) is 0 Å². The van der Waals surface area contributed by atoms with E-state index >= 15 is 0 Å². The second kappa shape index (κ2) is 7.48. The molecule has 2 nitrogen and oxygen atoms in total. The molecule has 1 saturated heterocycles. The monoisotopic (exact) mass is 352 g/mol. The van der Waals surface area contributed by atoms with E-state index in [1.165, 1.54) is 71.2 Å². The van der Waals surface area contributed by atoms with Gasteiger partial charge in [0.2, 0.25) is 0 Å². The van der Waals surface area contributed by atoms with Crippen molar-refractivity contribution in [1.82, 2.24) is 0 Å². The highest BCUT2D eigenvalue weighted by atomic mass is 15.3. The Bertz CT molecular complexity index is 608. The van der Waals surface area contributed by atoms with E-state index in [1.807, 2.05) is 9.80 Å². The fourth-order valence-corrected chi connectivity index (χ4v) is 6.60. The van der Waals surface area contributed by atoms with E-state index in [4.69, 9.17) is 0 Å². The van der Waals surface area contributed by atoms with Crippen molar-refractivity contribution in [2.75, 3.05) is 32.7 Å². The largest absolute Gasteiger partial charge is 0.325 e. The molecule has 0 amide bonds. The molecule has 3 atom stereocenters. The molecule has 2 N–H and O–H groups in total. The van der Waals surface area contributed by atoms with E-state index in [0.29, 0.717) is 0 Å². The van der Waals surface area contributed by atoms with Gasteiger partial charge in [-0.2, -0.15) is 0 Å². The number of hydrogen-bond donors (Lipinski definition) is 2. The molecule has 1 aliphatic heterocycles. The summed E-state index contributed by atoms with van der Waals surface area (Å²) in [5, 5.41) is 0. The van der Waals surface area contributed by atoms with Crippen LogP contribution in [0.15, 0.2) is 42.5 Å². The molecule has 3 fully saturated rings. The first kappa shape index (κ1) is 17.0. The predicted octanol–water partition coefficient (Wildman–Crippen LogP) is 1.71. The van der Waals surface area contributed by atoms with Crippen LogP contribution in [-0.2, 0) is 0 Å². The molecule has 0 aromatic heterocycles. The smallest absolute Gasteiger partial charge is 0.127 e. The minimum Gasteiger partial charge on any atom is -0.325 e. The summed E-state index contributed by atoms with van der Waals surface area (Å²) in [6.45, 7) is 7.15. The van der Waals surface area contributed by atoms with Gasteiger partial charge in [0, 0.05) is 5.92 Å². The Labute approximate surface area is 159 Å². The molecule has 140 valence electrons. The molecule has 0 unspecified atom stereocenters.